The number of hydrogen-bond donors (Lipinski definition) is 2. The Labute approximate surface area is 188 Å². The van der Waals surface area contributed by atoms with Crippen LogP contribution in [0.15, 0.2) is 59.2 Å². The van der Waals surface area contributed by atoms with E-state index in [9.17, 15) is 10.1 Å². The van der Waals surface area contributed by atoms with E-state index >= 15 is 0 Å². The van der Waals surface area contributed by atoms with Crippen molar-refractivity contribution in [1.29, 1.82) is 5.26 Å². The molecule has 3 aliphatic carbocycles. The summed E-state index contributed by atoms with van der Waals surface area (Å²) in [6, 6.07) is 8.44. The van der Waals surface area contributed by atoms with Crippen molar-refractivity contribution in [2.45, 2.75) is 51.0 Å². The highest BCUT2D eigenvalue weighted by atomic mass is 16.5. The Balaban J connectivity index is 1.25. The van der Waals surface area contributed by atoms with Gasteiger partial charge in [-0.2, -0.15) is 5.26 Å². The molecule has 0 saturated heterocycles. The Morgan fingerprint density at radius 1 is 1.16 bits per heavy atom. The summed E-state index contributed by atoms with van der Waals surface area (Å²) in [6.45, 7) is 0.476. The van der Waals surface area contributed by atoms with E-state index in [0.717, 1.165) is 40.1 Å². The summed E-state index contributed by atoms with van der Waals surface area (Å²) in [5.41, 5.74) is 6.52. The minimum absolute atomic E-state index is 0.0333. The summed E-state index contributed by atoms with van der Waals surface area (Å²) in [5.74, 6) is 0.512. The summed E-state index contributed by atoms with van der Waals surface area (Å²) >= 11 is 0. The highest BCUT2D eigenvalue weighted by molar-refractivity contribution is 5.93. The SMILES string of the molecule is N#CC1CC(COc2ccc3c(c2)C2=CC=C(CC(=O)O)C2N3)=CC=C1C1CCCCC1. The first-order chi connectivity index (χ1) is 15.6. The number of benzene rings is 1. The fourth-order valence-electron chi connectivity index (χ4n) is 5.51. The molecule has 2 unspecified atom stereocenters. The molecule has 5 heteroatoms. The quantitative estimate of drug-likeness (QED) is 0.613. The van der Waals surface area contributed by atoms with Crippen LogP contribution in [-0.4, -0.2) is 23.7 Å². The second kappa shape index (κ2) is 8.70. The molecule has 1 aliphatic heterocycles. The highest BCUT2D eigenvalue weighted by Crippen LogP contribution is 2.44. The number of carboxylic acids is 1. The molecule has 1 fully saturated rings. The van der Waals surface area contributed by atoms with Gasteiger partial charge in [0.1, 0.15) is 12.4 Å². The van der Waals surface area contributed by atoms with Gasteiger partial charge in [0.2, 0.25) is 0 Å². The normalized spacial score (nSPS) is 24.2. The third-order valence-electron chi connectivity index (χ3n) is 7.15. The lowest BCUT2D eigenvalue weighted by Crippen LogP contribution is -2.19. The van der Waals surface area contributed by atoms with Crippen molar-refractivity contribution < 1.29 is 14.6 Å². The minimum Gasteiger partial charge on any atom is -0.489 e. The number of aliphatic carboxylic acids is 1. The molecule has 0 bridgehead atoms. The van der Waals surface area contributed by atoms with Gasteiger partial charge in [0.25, 0.3) is 0 Å². The van der Waals surface area contributed by atoms with Gasteiger partial charge < -0.3 is 15.2 Å². The zero-order chi connectivity index (χ0) is 22.1. The van der Waals surface area contributed by atoms with Crippen LogP contribution in [-0.2, 0) is 4.79 Å². The molecule has 5 rings (SSSR count). The predicted octanol–water partition coefficient (Wildman–Crippen LogP) is 5.63. The van der Waals surface area contributed by atoms with Gasteiger partial charge in [-0.15, -0.1) is 0 Å². The van der Waals surface area contributed by atoms with Gasteiger partial charge in [0.05, 0.1) is 24.4 Å². The summed E-state index contributed by atoms with van der Waals surface area (Å²) in [6.07, 6.45) is 15.3. The van der Waals surface area contributed by atoms with Gasteiger partial charge in [-0.25, -0.2) is 0 Å². The number of carboxylic acid groups (broad SMARTS) is 1. The number of fused-ring (bicyclic) bond motifs is 3. The van der Waals surface area contributed by atoms with E-state index in [2.05, 4.69) is 23.5 Å². The number of allylic oxidation sites excluding steroid dienone is 5. The van der Waals surface area contributed by atoms with Crippen LogP contribution < -0.4 is 10.1 Å². The van der Waals surface area contributed by atoms with Crippen molar-refractivity contribution in [2.75, 3.05) is 11.9 Å². The molecule has 0 aromatic heterocycles. The summed E-state index contributed by atoms with van der Waals surface area (Å²) in [4.78, 5) is 11.1. The van der Waals surface area contributed by atoms with Gasteiger partial charge in [0, 0.05) is 11.3 Å². The van der Waals surface area contributed by atoms with E-state index in [-0.39, 0.29) is 18.4 Å². The molecular formula is C27H28N2O3. The number of nitrogens with zero attached hydrogens (tertiary/aromatic N) is 1. The van der Waals surface area contributed by atoms with Gasteiger partial charge in [-0.1, -0.05) is 43.6 Å². The third-order valence-corrected chi connectivity index (χ3v) is 7.15. The molecule has 1 aromatic rings. The fraction of sp³-hybridized carbons (Fsp3) is 0.407. The standard InChI is InChI=1S/C27H28N2O3/c28-15-20-12-17(6-9-22(20)18-4-2-1-3-5-18)16-32-21-8-11-25-24(14-21)23-10-7-19(13-26(30)31)27(23)29-25/h6-11,14,18,20,27,29H,1-5,12-13,16H2,(H,30,31). The topological polar surface area (TPSA) is 82.3 Å². The van der Waals surface area contributed by atoms with Crippen molar-refractivity contribution in [3.8, 4) is 11.8 Å². The molecule has 1 aromatic carbocycles. The van der Waals surface area contributed by atoms with E-state index in [1.807, 2.05) is 30.4 Å². The van der Waals surface area contributed by atoms with Crippen molar-refractivity contribution in [3.05, 3.63) is 64.8 Å². The number of ether oxygens (including phenoxy) is 1. The zero-order valence-electron chi connectivity index (χ0n) is 18.1. The molecule has 2 atom stereocenters. The average Bonchev–Trinajstić information content (AvgIpc) is 3.37. The van der Waals surface area contributed by atoms with Gasteiger partial charge >= 0.3 is 5.97 Å². The number of rotatable bonds is 6. The first-order valence-electron chi connectivity index (χ1n) is 11.6. The van der Waals surface area contributed by atoms with Gasteiger partial charge in [-0.3, -0.25) is 4.79 Å². The Kier molecular flexibility index (Phi) is 5.61. The second-order valence-corrected chi connectivity index (χ2v) is 9.22. The van der Waals surface area contributed by atoms with Gasteiger partial charge in [-0.05, 0) is 65.7 Å². The molecule has 0 radical (unpaired) electrons. The molecule has 0 spiro atoms. The molecule has 0 amide bonds. The van der Waals surface area contributed by atoms with Crippen LogP contribution in [0.2, 0.25) is 0 Å². The van der Waals surface area contributed by atoms with Gasteiger partial charge in [0.15, 0.2) is 0 Å². The van der Waals surface area contributed by atoms with E-state index in [1.165, 1.54) is 37.7 Å². The highest BCUT2D eigenvalue weighted by Gasteiger charge is 2.33. The number of carbonyl (C=O) groups is 1. The average molecular weight is 429 g/mol. The van der Waals surface area contributed by atoms with Crippen LogP contribution in [0.4, 0.5) is 5.69 Å². The van der Waals surface area contributed by atoms with Crippen LogP contribution >= 0.6 is 0 Å². The zero-order valence-corrected chi connectivity index (χ0v) is 18.1. The molecule has 1 heterocycles. The molecular weight excluding hydrogens is 400 g/mol. The fourth-order valence-corrected chi connectivity index (χ4v) is 5.51. The number of hydrogen-bond acceptors (Lipinski definition) is 4. The minimum atomic E-state index is -0.815. The maximum Gasteiger partial charge on any atom is 0.307 e. The Morgan fingerprint density at radius 2 is 2.00 bits per heavy atom. The largest absolute Gasteiger partial charge is 0.489 e. The van der Waals surface area contributed by atoms with Crippen molar-refractivity contribution in [3.63, 3.8) is 0 Å². The van der Waals surface area contributed by atoms with Crippen molar-refractivity contribution in [2.24, 2.45) is 11.8 Å². The van der Waals surface area contributed by atoms with E-state index in [1.54, 1.807) is 0 Å². The van der Waals surface area contributed by atoms with Crippen LogP contribution in [0, 0.1) is 23.2 Å². The van der Waals surface area contributed by atoms with Crippen LogP contribution in [0.5, 0.6) is 5.75 Å². The summed E-state index contributed by atoms with van der Waals surface area (Å²) in [5, 5.41) is 22.3. The monoisotopic (exact) mass is 428 g/mol. The van der Waals surface area contributed by atoms with Crippen molar-refractivity contribution >= 4 is 17.2 Å². The first kappa shape index (κ1) is 20.6. The Hall–Kier alpha value is -3.26. The predicted molar refractivity (Wildman–Crippen MR) is 124 cm³/mol. The Morgan fingerprint density at radius 3 is 2.78 bits per heavy atom. The smallest absolute Gasteiger partial charge is 0.307 e. The van der Waals surface area contributed by atoms with Crippen LogP contribution in [0.25, 0.3) is 5.57 Å². The number of nitrogens with one attached hydrogen (secondary N) is 1. The Bertz CT molecular complexity index is 1100. The van der Waals surface area contributed by atoms with Crippen molar-refractivity contribution in [1.82, 2.24) is 0 Å². The lowest BCUT2D eigenvalue weighted by molar-refractivity contribution is -0.136. The molecule has 164 valence electrons. The second-order valence-electron chi connectivity index (χ2n) is 9.22. The van der Waals surface area contributed by atoms with Crippen LogP contribution in [0.1, 0.15) is 50.5 Å². The van der Waals surface area contributed by atoms with E-state index < -0.39 is 5.97 Å². The maximum absolute atomic E-state index is 11.1. The number of anilines is 1. The lowest BCUT2D eigenvalue weighted by atomic mass is 9.75. The number of nitriles is 1. The summed E-state index contributed by atoms with van der Waals surface area (Å²) in [7, 11) is 0. The van der Waals surface area contributed by atoms with Crippen LogP contribution in [0.3, 0.4) is 0 Å². The molecule has 1 saturated carbocycles. The summed E-state index contributed by atoms with van der Waals surface area (Å²) < 4.78 is 6.11. The lowest BCUT2D eigenvalue weighted by Gasteiger charge is -2.29. The van der Waals surface area contributed by atoms with E-state index in [4.69, 9.17) is 9.84 Å². The molecule has 32 heavy (non-hydrogen) atoms. The molecule has 2 N–H and O–H groups in total. The third kappa shape index (κ3) is 3.98. The molecule has 4 aliphatic rings. The van der Waals surface area contributed by atoms with E-state index in [0.29, 0.717) is 12.5 Å². The molecule has 5 nitrogen and oxygen atoms in total. The first-order valence-corrected chi connectivity index (χ1v) is 11.6. The maximum atomic E-state index is 11.1.